The van der Waals surface area contributed by atoms with Gasteiger partial charge in [-0.25, -0.2) is 4.98 Å². The maximum atomic E-state index is 12.2. The number of benzene rings is 2. The molecule has 2 aromatic carbocycles. The van der Waals surface area contributed by atoms with Gasteiger partial charge in [-0.3, -0.25) is 9.59 Å². The molecule has 138 valence electrons. The van der Waals surface area contributed by atoms with E-state index in [1.807, 2.05) is 17.5 Å². The second kappa shape index (κ2) is 8.46. The van der Waals surface area contributed by atoms with Gasteiger partial charge in [0.25, 0.3) is 0 Å². The van der Waals surface area contributed by atoms with Gasteiger partial charge in [0.1, 0.15) is 0 Å². The maximum absolute atomic E-state index is 12.2. The molecule has 2 amide bonds. The highest BCUT2D eigenvalue weighted by molar-refractivity contribution is 7.13. The van der Waals surface area contributed by atoms with E-state index in [2.05, 4.69) is 34.7 Å². The van der Waals surface area contributed by atoms with E-state index in [1.54, 1.807) is 24.3 Å². The third-order valence-corrected chi connectivity index (χ3v) is 4.77. The Morgan fingerprint density at radius 3 is 2.33 bits per heavy atom. The van der Waals surface area contributed by atoms with Gasteiger partial charge in [0.15, 0.2) is 5.13 Å². The molecular formula is C20H20N4O2S. The van der Waals surface area contributed by atoms with E-state index in [4.69, 9.17) is 5.73 Å². The Hall–Kier alpha value is -3.19. The molecule has 3 rings (SSSR count). The number of nitrogens with two attached hydrogens (primary N) is 1. The summed E-state index contributed by atoms with van der Waals surface area (Å²) in [5, 5.41) is 8.63. The van der Waals surface area contributed by atoms with Gasteiger partial charge in [-0.15, -0.1) is 11.3 Å². The van der Waals surface area contributed by atoms with Crippen LogP contribution in [-0.2, 0) is 17.6 Å². The van der Waals surface area contributed by atoms with E-state index in [0.717, 1.165) is 17.2 Å². The third kappa shape index (κ3) is 5.15. The Morgan fingerprint density at radius 2 is 1.70 bits per heavy atom. The molecule has 0 fully saturated rings. The second-order valence-electron chi connectivity index (χ2n) is 5.99. The number of amides is 2. The summed E-state index contributed by atoms with van der Waals surface area (Å²) in [7, 11) is 0. The van der Waals surface area contributed by atoms with Gasteiger partial charge in [0.2, 0.25) is 11.8 Å². The van der Waals surface area contributed by atoms with Gasteiger partial charge < -0.3 is 16.4 Å². The maximum Gasteiger partial charge on any atom is 0.248 e. The minimum Gasteiger partial charge on any atom is -0.366 e. The normalized spacial score (nSPS) is 10.4. The topological polar surface area (TPSA) is 97.1 Å². The average Bonchev–Trinajstić information content (AvgIpc) is 3.09. The number of nitrogens with one attached hydrogen (secondary N) is 2. The summed E-state index contributed by atoms with van der Waals surface area (Å²) >= 11 is 1.45. The molecule has 0 saturated heterocycles. The standard InChI is InChI=1S/C20H20N4O2S/c1-2-13-3-7-16(8-4-13)23-20-24-17(12-27-20)11-18(25)22-15-9-5-14(6-10-15)19(21)26/h3-10,12H,2,11H2,1H3,(H2,21,26)(H,22,25)(H,23,24). The van der Waals surface area contributed by atoms with E-state index in [-0.39, 0.29) is 12.3 Å². The van der Waals surface area contributed by atoms with Crippen LogP contribution < -0.4 is 16.4 Å². The summed E-state index contributed by atoms with van der Waals surface area (Å²) in [6.45, 7) is 2.12. The SMILES string of the molecule is CCc1ccc(Nc2nc(CC(=O)Nc3ccc(C(N)=O)cc3)cs2)cc1. The molecule has 7 heteroatoms. The number of rotatable bonds is 7. The fraction of sp³-hybridized carbons (Fsp3) is 0.150. The Bertz CT molecular complexity index is 933. The van der Waals surface area contributed by atoms with Gasteiger partial charge in [-0.05, 0) is 48.4 Å². The predicted molar refractivity (Wildman–Crippen MR) is 109 cm³/mol. The van der Waals surface area contributed by atoms with E-state index in [0.29, 0.717) is 16.9 Å². The molecule has 0 radical (unpaired) electrons. The number of hydrogen-bond donors (Lipinski definition) is 3. The minimum atomic E-state index is -0.500. The van der Waals surface area contributed by atoms with Crippen molar-refractivity contribution >= 4 is 39.7 Å². The summed E-state index contributed by atoms with van der Waals surface area (Å²) in [4.78, 5) is 27.7. The number of carbonyl (C=O) groups excluding carboxylic acids is 2. The van der Waals surface area contributed by atoms with Crippen LogP contribution in [0.3, 0.4) is 0 Å². The molecule has 0 aliphatic carbocycles. The van der Waals surface area contributed by atoms with Crippen LogP contribution in [0.15, 0.2) is 53.9 Å². The first-order valence-corrected chi connectivity index (χ1v) is 9.41. The molecule has 4 N–H and O–H groups in total. The van der Waals surface area contributed by atoms with Crippen LogP contribution >= 0.6 is 11.3 Å². The van der Waals surface area contributed by atoms with E-state index in [9.17, 15) is 9.59 Å². The lowest BCUT2D eigenvalue weighted by Gasteiger charge is -2.05. The Labute approximate surface area is 161 Å². The van der Waals surface area contributed by atoms with Gasteiger partial charge in [0, 0.05) is 22.3 Å². The lowest BCUT2D eigenvalue weighted by Crippen LogP contribution is -2.15. The van der Waals surface area contributed by atoms with Crippen LogP contribution in [0.1, 0.15) is 28.5 Å². The third-order valence-electron chi connectivity index (χ3n) is 3.96. The number of primary amides is 1. The molecule has 0 bridgehead atoms. The van der Waals surface area contributed by atoms with Gasteiger partial charge in [-0.2, -0.15) is 0 Å². The molecule has 0 atom stereocenters. The van der Waals surface area contributed by atoms with Crippen LogP contribution in [0.4, 0.5) is 16.5 Å². The summed E-state index contributed by atoms with van der Waals surface area (Å²) in [5.41, 5.74) is 9.14. The van der Waals surface area contributed by atoms with Crippen molar-refractivity contribution in [2.45, 2.75) is 19.8 Å². The number of thiazole rings is 1. The van der Waals surface area contributed by atoms with Crippen molar-refractivity contribution in [2.24, 2.45) is 5.73 Å². The van der Waals surface area contributed by atoms with Crippen molar-refractivity contribution in [1.29, 1.82) is 0 Å². The van der Waals surface area contributed by atoms with Crippen LogP contribution in [0.25, 0.3) is 0 Å². The van der Waals surface area contributed by atoms with E-state index in [1.165, 1.54) is 16.9 Å². The van der Waals surface area contributed by atoms with Crippen molar-refractivity contribution in [1.82, 2.24) is 4.98 Å². The highest BCUT2D eigenvalue weighted by Gasteiger charge is 2.09. The molecule has 0 aliphatic rings. The Kier molecular flexibility index (Phi) is 5.83. The summed E-state index contributed by atoms with van der Waals surface area (Å²) < 4.78 is 0. The number of aromatic nitrogens is 1. The van der Waals surface area contributed by atoms with Crippen LogP contribution in [0, 0.1) is 0 Å². The number of anilines is 3. The van der Waals surface area contributed by atoms with Gasteiger partial charge >= 0.3 is 0 Å². The molecule has 1 heterocycles. The summed E-state index contributed by atoms with van der Waals surface area (Å²) in [5.74, 6) is -0.675. The first-order valence-electron chi connectivity index (χ1n) is 8.53. The molecular weight excluding hydrogens is 360 g/mol. The zero-order chi connectivity index (χ0) is 19.2. The molecule has 0 unspecified atom stereocenters. The molecule has 0 spiro atoms. The first-order chi connectivity index (χ1) is 13.0. The quantitative estimate of drug-likeness (QED) is 0.582. The van der Waals surface area contributed by atoms with Crippen molar-refractivity contribution in [2.75, 3.05) is 10.6 Å². The van der Waals surface area contributed by atoms with Crippen molar-refractivity contribution in [3.05, 3.63) is 70.7 Å². The molecule has 6 nitrogen and oxygen atoms in total. The zero-order valence-corrected chi connectivity index (χ0v) is 15.7. The summed E-state index contributed by atoms with van der Waals surface area (Å²) in [6.07, 6.45) is 1.17. The molecule has 3 aromatic rings. The fourth-order valence-corrected chi connectivity index (χ4v) is 3.21. The Morgan fingerprint density at radius 1 is 1.04 bits per heavy atom. The van der Waals surface area contributed by atoms with Gasteiger partial charge in [-0.1, -0.05) is 19.1 Å². The number of nitrogens with zero attached hydrogens (tertiary/aromatic N) is 1. The first kappa shape index (κ1) is 18.6. The predicted octanol–water partition coefficient (Wildman–Crippen LogP) is 3.73. The van der Waals surface area contributed by atoms with Crippen LogP contribution in [-0.4, -0.2) is 16.8 Å². The molecule has 0 aliphatic heterocycles. The monoisotopic (exact) mass is 380 g/mol. The largest absolute Gasteiger partial charge is 0.366 e. The Balaban J connectivity index is 1.56. The smallest absolute Gasteiger partial charge is 0.248 e. The molecule has 0 saturated carbocycles. The van der Waals surface area contributed by atoms with E-state index >= 15 is 0 Å². The zero-order valence-electron chi connectivity index (χ0n) is 14.9. The highest BCUT2D eigenvalue weighted by atomic mass is 32.1. The molecule has 27 heavy (non-hydrogen) atoms. The minimum absolute atomic E-state index is 0.171. The number of carbonyl (C=O) groups is 2. The number of hydrogen-bond acceptors (Lipinski definition) is 5. The van der Waals surface area contributed by atoms with Crippen molar-refractivity contribution in [3.8, 4) is 0 Å². The van der Waals surface area contributed by atoms with Crippen LogP contribution in [0.2, 0.25) is 0 Å². The fourth-order valence-electron chi connectivity index (χ4n) is 2.48. The van der Waals surface area contributed by atoms with Crippen molar-refractivity contribution in [3.63, 3.8) is 0 Å². The highest BCUT2D eigenvalue weighted by Crippen LogP contribution is 2.22. The lowest BCUT2D eigenvalue weighted by atomic mass is 10.1. The summed E-state index contributed by atoms with van der Waals surface area (Å²) in [6, 6.07) is 14.6. The average molecular weight is 380 g/mol. The van der Waals surface area contributed by atoms with E-state index < -0.39 is 5.91 Å². The van der Waals surface area contributed by atoms with Gasteiger partial charge in [0.05, 0.1) is 12.1 Å². The number of aryl methyl sites for hydroxylation is 1. The van der Waals surface area contributed by atoms with Crippen LogP contribution in [0.5, 0.6) is 0 Å². The molecule has 1 aromatic heterocycles. The lowest BCUT2D eigenvalue weighted by molar-refractivity contribution is -0.115. The van der Waals surface area contributed by atoms with Crippen molar-refractivity contribution < 1.29 is 9.59 Å². The second-order valence-corrected chi connectivity index (χ2v) is 6.84.